The standard InChI is InChI=1S/C17H28N4O2/c1-5-13(6-2)17(22)21-11-7-8-14(12-21)23-16-15(20(3)4)18-9-10-19-16/h9-10,13-14H,5-8,11-12H2,1-4H3. The summed E-state index contributed by atoms with van der Waals surface area (Å²) in [5, 5.41) is 0. The summed E-state index contributed by atoms with van der Waals surface area (Å²) in [6.07, 6.45) is 6.98. The highest BCUT2D eigenvalue weighted by Gasteiger charge is 2.29. The van der Waals surface area contributed by atoms with Crippen molar-refractivity contribution in [1.29, 1.82) is 0 Å². The predicted molar refractivity (Wildman–Crippen MR) is 90.7 cm³/mol. The van der Waals surface area contributed by atoms with Gasteiger partial charge in [-0.3, -0.25) is 4.79 Å². The normalized spacial score (nSPS) is 18.1. The van der Waals surface area contributed by atoms with E-state index < -0.39 is 0 Å². The molecular formula is C17H28N4O2. The Morgan fingerprint density at radius 1 is 1.35 bits per heavy atom. The van der Waals surface area contributed by atoms with E-state index in [1.54, 1.807) is 12.4 Å². The van der Waals surface area contributed by atoms with Crippen LogP contribution in [-0.2, 0) is 4.79 Å². The second-order valence-corrected chi connectivity index (χ2v) is 6.26. The van der Waals surface area contributed by atoms with Crippen LogP contribution in [0.4, 0.5) is 5.82 Å². The maximum atomic E-state index is 12.6. The van der Waals surface area contributed by atoms with Crippen LogP contribution in [0.25, 0.3) is 0 Å². The summed E-state index contributed by atoms with van der Waals surface area (Å²) >= 11 is 0. The van der Waals surface area contributed by atoms with Crippen molar-refractivity contribution in [2.45, 2.75) is 45.6 Å². The van der Waals surface area contributed by atoms with Gasteiger partial charge in [0.1, 0.15) is 6.10 Å². The molecule has 0 radical (unpaired) electrons. The van der Waals surface area contributed by atoms with E-state index in [4.69, 9.17) is 4.74 Å². The topological polar surface area (TPSA) is 58.6 Å². The zero-order valence-corrected chi connectivity index (χ0v) is 14.7. The summed E-state index contributed by atoms with van der Waals surface area (Å²) in [5.74, 6) is 1.65. The Hall–Kier alpha value is -1.85. The van der Waals surface area contributed by atoms with Crippen LogP contribution in [0.3, 0.4) is 0 Å². The summed E-state index contributed by atoms with van der Waals surface area (Å²) in [6, 6.07) is 0. The van der Waals surface area contributed by atoms with Gasteiger partial charge in [0.15, 0.2) is 5.82 Å². The van der Waals surface area contributed by atoms with Gasteiger partial charge in [0.25, 0.3) is 5.88 Å². The van der Waals surface area contributed by atoms with E-state index in [0.29, 0.717) is 12.4 Å². The summed E-state index contributed by atoms with van der Waals surface area (Å²) in [4.78, 5) is 25.0. The highest BCUT2D eigenvalue weighted by molar-refractivity contribution is 5.78. The summed E-state index contributed by atoms with van der Waals surface area (Å²) in [6.45, 7) is 5.62. The van der Waals surface area contributed by atoms with Crippen LogP contribution in [0.5, 0.6) is 5.88 Å². The second-order valence-electron chi connectivity index (χ2n) is 6.26. The molecule has 1 unspecified atom stereocenters. The summed E-state index contributed by atoms with van der Waals surface area (Å²) in [7, 11) is 3.83. The third-order valence-corrected chi connectivity index (χ3v) is 4.37. The molecule has 0 aliphatic carbocycles. The molecule has 128 valence electrons. The van der Waals surface area contributed by atoms with E-state index in [-0.39, 0.29) is 17.9 Å². The number of aromatic nitrogens is 2. The number of rotatable bonds is 6. The van der Waals surface area contributed by atoms with Gasteiger partial charge in [0.2, 0.25) is 5.91 Å². The van der Waals surface area contributed by atoms with Crippen LogP contribution in [0.15, 0.2) is 12.4 Å². The molecular weight excluding hydrogens is 292 g/mol. The number of nitrogens with zero attached hydrogens (tertiary/aromatic N) is 4. The van der Waals surface area contributed by atoms with E-state index in [0.717, 1.165) is 38.0 Å². The lowest BCUT2D eigenvalue weighted by Gasteiger charge is -2.34. The van der Waals surface area contributed by atoms with Gasteiger partial charge in [-0.25, -0.2) is 9.97 Å². The molecule has 1 aliphatic heterocycles. The van der Waals surface area contributed by atoms with Gasteiger partial charge < -0.3 is 14.5 Å². The Morgan fingerprint density at radius 3 is 2.70 bits per heavy atom. The molecule has 1 aromatic rings. The average Bonchev–Trinajstić information content (AvgIpc) is 2.56. The lowest BCUT2D eigenvalue weighted by Crippen LogP contribution is -2.46. The fourth-order valence-electron chi connectivity index (χ4n) is 3.00. The Morgan fingerprint density at radius 2 is 2.04 bits per heavy atom. The van der Waals surface area contributed by atoms with Crippen molar-refractivity contribution < 1.29 is 9.53 Å². The van der Waals surface area contributed by atoms with Crippen LogP contribution < -0.4 is 9.64 Å². The quantitative estimate of drug-likeness (QED) is 0.805. The number of hydrogen-bond donors (Lipinski definition) is 0. The maximum absolute atomic E-state index is 12.6. The minimum atomic E-state index is -0.0162. The third-order valence-electron chi connectivity index (χ3n) is 4.37. The van der Waals surface area contributed by atoms with Gasteiger partial charge in [-0.2, -0.15) is 0 Å². The molecule has 0 spiro atoms. The molecule has 2 heterocycles. The molecule has 0 N–H and O–H groups in total. The Labute approximate surface area is 138 Å². The first kappa shape index (κ1) is 17.5. The first-order valence-corrected chi connectivity index (χ1v) is 8.50. The van der Waals surface area contributed by atoms with Crippen molar-refractivity contribution in [3.05, 3.63) is 12.4 Å². The molecule has 23 heavy (non-hydrogen) atoms. The number of piperidine rings is 1. The van der Waals surface area contributed by atoms with Crippen molar-refractivity contribution in [2.75, 3.05) is 32.1 Å². The van der Waals surface area contributed by atoms with Crippen LogP contribution in [0, 0.1) is 5.92 Å². The maximum Gasteiger partial charge on any atom is 0.257 e. The number of anilines is 1. The number of carbonyl (C=O) groups excluding carboxylic acids is 1. The SMILES string of the molecule is CCC(CC)C(=O)N1CCCC(Oc2nccnc2N(C)C)C1. The molecule has 1 atom stereocenters. The van der Waals surface area contributed by atoms with Crippen LogP contribution in [0.1, 0.15) is 39.5 Å². The number of amides is 1. The first-order valence-electron chi connectivity index (χ1n) is 8.50. The minimum absolute atomic E-state index is 0.0162. The van der Waals surface area contributed by atoms with Crippen molar-refractivity contribution >= 4 is 11.7 Å². The van der Waals surface area contributed by atoms with E-state index in [2.05, 4.69) is 23.8 Å². The molecule has 6 nitrogen and oxygen atoms in total. The summed E-state index contributed by atoms with van der Waals surface area (Å²) < 4.78 is 6.07. The minimum Gasteiger partial charge on any atom is -0.470 e. The van der Waals surface area contributed by atoms with E-state index in [1.807, 2.05) is 23.9 Å². The van der Waals surface area contributed by atoms with E-state index in [9.17, 15) is 4.79 Å². The largest absolute Gasteiger partial charge is 0.470 e. The van der Waals surface area contributed by atoms with Crippen molar-refractivity contribution in [3.63, 3.8) is 0 Å². The molecule has 6 heteroatoms. The van der Waals surface area contributed by atoms with E-state index in [1.165, 1.54) is 0 Å². The molecule has 1 aromatic heterocycles. The zero-order valence-electron chi connectivity index (χ0n) is 14.7. The van der Waals surface area contributed by atoms with Gasteiger partial charge in [-0.1, -0.05) is 13.8 Å². The second kappa shape index (κ2) is 8.13. The molecule has 1 aliphatic rings. The average molecular weight is 320 g/mol. The number of ether oxygens (including phenoxy) is 1. The predicted octanol–water partition coefficient (Wildman–Crippen LogP) is 2.35. The van der Waals surface area contributed by atoms with Gasteiger partial charge >= 0.3 is 0 Å². The highest BCUT2D eigenvalue weighted by atomic mass is 16.5. The molecule has 1 saturated heterocycles. The smallest absolute Gasteiger partial charge is 0.257 e. The Bertz CT molecular complexity index is 517. The molecule has 1 fully saturated rings. The van der Waals surface area contributed by atoms with Gasteiger partial charge in [-0.05, 0) is 25.7 Å². The van der Waals surface area contributed by atoms with Gasteiger partial charge in [0.05, 0.1) is 6.54 Å². The fraction of sp³-hybridized carbons (Fsp3) is 0.706. The van der Waals surface area contributed by atoms with Crippen LogP contribution >= 0.6 is 0 Å². The Kier molecular flexibility index (Phi) is 6.19. The van der Waals surface area contributed by atoms with Crippen LogP contribution in [-0.4, -0.2) is 54.1 Å². The molecule has 1 amide bonds. The number of carbonyl (C=O) groups is 1. The van der Waals surface area contributed by atoms with Gasteiger partial charge in [-0.15, -0.1) is 0 Å². The molecule has 0 saturated carbocycles. The molecule has 0 aromatic carbocycles. The zero-order chi connectivity index (χ0) is 16.8. The number of likely N-dealkylation sites (tertiary alicyclic amines) is 1. The van der Waals surface area contributed by atoms with Crippen molar-refractivity contribution in [1.82, 2.24) is 14.9 Å². The van der Waals surface area contributed by atoms with Gasteiger partial charge in [0, 0.05) is 39.0 Å². The van der Waals surface area contributed by atoms with Crippen LogP contribution in [0.2, 0.25) is 0 Å². The fourth-order valence-corrected chi connectivity index (χ4v) is 3.00. The lowest BCUT2D eigenvalue weighted by atomic mass is 9.99. The molecule has 2 rings (SSSR count). The Balaban J connectivity index is 2.03. The monoisotopic (exact) mass is 320 g/mol. The third kappa shape index (κ3) is 4.33. The van der Waals surface area contributed by atoms with E-state index >= 15 is 0 Å². The first-order chi connectivity index (χ1) is 11.1. The lowest BCUT2D eigenvalue weighted by molar-refractivity contribution is -0.138. The highest BCUT2D eigenvalue weighted by Crippen LogP contribution is 2.25. The summed E-state index contributed by atoms with van der Waals surface area (Å²) in [5.41, 5.74) is 0. The van der Waals surface area contributed by atoms with Crippen molar-refractivity contribution in [3.8, 4) is 5.88 Å². The number of hydrogen-bond acceptors (Lipinski definition) is 5. The molecule has 0 bridgehead atoms. The van der Waals surface area contributed by atoms with Crippen molar-refractivity contribution in [2.24, 2.45) is 5.92 Å².